The molecule has 4 atom stereocenters. The fraction of sp³-hybridized carbons (Fsp3) is 0.500. The number of urea groups is 2. The van der Waals surface area contributed by atoms with Crippen LogP contribution in [0.1, 0.15) is 0 Å². The maximum atomic E-state index is 12.4. The van der Waals surface area contributed by atoms with E-state index in [4.69, 9.17) is 0 Å². The zero-order valence-electron chi connectivity index (χ0n) is 14.6. The van der Waals surface area contributed by atoms with E-state index in [2.05, 4.69) is 10.6 Å². The highest BCUT2D eigenvalue weighted by atomic mass is 32.2. The minimum absolute atomic E-state index is 0.0876. The topological polar surface area (TPSA) is 133 Å². The lowest BCUT2D eigenvalue weighted by atomic mass is 10.1. The molecule has 12 heteroatoms. The molecule has 0 spiro atoms. The standard InChI is InChI=1S/C16H18N4O6S2/c21-15-17-11-5-27(23,24)7-13(11)19(15)9-2-1-3-10(4-9)20-14-8-28(25,26)6-12(14)18-16(20)22/h1-4,11-14H,5-8H2,(H,17,21)(H,18,22). The summed E-state index contributed by atoms with van der Waals surface area (Å²) in [6, 6.07) is 3.96. The fourth-order valence-corrected chi connectivity index (χ4v) is 8.39. The van der Waals surface area contributed by atoms with Gasteiger partial charge in [-0.3, -0.25) is 9.80 Å². The van der Waals surface area contributed by atoms with Gasteiger partial charge in [0.1, 0.15) is 0 Å². The minimum Gasteiger partial charge on any atom is -0.332 e. The van der Waals surface area contributed by atoms with Crippen molar-refractivity contribution < 1.29 is 26.4 Å². The zero-order valence-corrected chi connectivity index (χ0v) is 16.2. The summed E-state index contributed by atoms with van der Waals surface area (Å²) in [7, 11) is -6.45. The quantitative estimate of drug-likeness (QED) is 0.588. The van der Waals surface area contributed by atoms with Crippen molar-refractivity contribution >= 4 is 43.1 Å². The average Bonchev–Trinajstić information content (AvgIpc) is 3.21. The molecule has 0 aromatic heterocycles. The highest BCUT2D eigenvalue weighted by Crippen LogP contribution is 2.34. The molecule has 4 heterocycles. The number of anilines is 2. The van der Waals surface area contributed by atoms with Crippen molar-refractivity contribution in [2.24, 2.45) is 0 Å². The maximum absolute atomic E-state index is 12.4. The van der Waals surface area contributed by atoms with Crippen molar-refractivity contribution in [1.82, 2.24) is 10.6 Å². The van der Waals surface area contributed by atoms with E-state index in [0.29, 0.717) is 11.4 Å². The number of nitrogens with zero attached hydrogens (tertiary/aromatic N) is 2. The molecule has 2 N–H and O–H groups in total. The van der Waals surface area contributed by atoms with Crippen LogP contribution in [0.15, 0.2) is 24.3 Å². The second kappa shape index (κ2) is 5.60. The molecule has 28 heavy (non-hydrogen) atoms. The van der Waals surface area contributed by atoms with Gasteiger partial charge >= 0.3 is 12.1 Å². The van der Waals surface area contributed by atoms with Gasteiger partial charge in [0, 0.05) is 11.4 Å². The Balaban J connectivity index is 1.49. The van der Waals surface area contributed by atoms with E-state index in [-0.39, 0.29) is 35.1 Å². The molecule has 4 fully saturated rings. The van der Waals surface area contributed by atoms with Crippen molar-refractivity contribution in [2.45, 2.75) is 24.2 Å². The van der Waals surface area contributed by atoms with Crippen LogP contribution in [0, 0.1) is 0 Å². The Labute approximate surface area is 161 Å². The highest BCUT2D eigenvalue weighted by Gasteiger charge is 2.51. The maximum Gasteiger partial charge on any atom is 0.322 e. The Morgan fingerprint density at radius 2 is 1.18 bits per heavy atom. The largest absolute Gasteiger partial charge is 0.332 e. The lowest BCUT2D eigenvalue weighted by Gasteiger charge is -2.25. The van der Waals surface area contributed by atoms with E-state index in [0.717, 1.165) is 0 Å². The van der Waals surface area contributed by atoms with Crippen molar-refractivity contribution in [3.63, 3.8) is 0 Å². The second-order valence-electron chi connectivity index (χ2n) is 7.66. The molecule has 0 saturated carbocycles. The van der Waals surface area contributed by atoms with E-state index < -0.39 is 43.8 Å². The number of amides is 4. The summed E-state index contributed by atoms with van der Waals surface area (Å²) in [5.74, 6) is -0.410. The van der Waals surface area contributed by atoms with Crippen LogP contribution in [0.2, 0.25) is 0 Å². The van der Waals surface area contributed by atoms with Gasteiger partial charge in [-0.1, -0.05) is 6.07 Å². The molecule has 150 valence electrons. The van der Waals surface area contributed by atoms with Crippen LogP contribution in [0.4, 0.5) is 21.0 Å². The predicted molar refractivity (Wildman–Crippen MR) is 101 cm³/mol. The molecular weight excluding hydrogens is 408 g/mol. The lowest BCUT2D eigenvalue weighted by Crippen LogP contribution is -2.38. The van der Waals surface area contributed by atoms with Crippen molar-refractivity contribution in [2.75, 3.05) is 32.8 Å². The predicted octanol–water partition coefficient (Wildman–Crippen LogP) is -0.923. The summed E-state index contributed by atoms with van der Waals surface area (Å²) in [5.41, 5.74) is 0.938. The first-order chi connectivity index (χ1) is 13.1. The van der Waals surface area contributed by atoms with E-state index in [1.165, 1.54) is 9.80 Å². The molecule has 4 amide bonds. The molecule has 0 aliphatic carbocycles. The molecule has 1 aromatic rings. The summed E-state index contributed by atoms with van der Waals surface area (Å²) in [6.07, 6.45) is 0. The van der Waals surface area contributed by atoms with Gasteiger partial charge in [-0.15, -0.1) is 0 Å². The molecule has 0 radical (unpaired) electrons. The van der Waals surface area contributed by atoms with Gasteiger partial charge in [-0.25, -0.2) is 26.4 Å². The monoisotopic (exact) mass is 426 g/mol. The first-order valence-electron chi connectivity index (χ1n) is 8.84. The number of sulfone groups is 2. The number of nitrogens with one attached hydrogen (secondary N) is 2. The molecule has 0 bridgehead atoms. The van der Waals surface area contributed by atoms with Crippen LogP contribution in [0.5, 0.6) is 0 Å². The van der Waals surface area contributed by atoms with Gasteiger partial charge in [0.25, 0.3) is 0 Å². The Hall–Kier alpha value is -2.34. The number of hydrogen-bond donors (Lipinski definition) is 2. The normalized spacial score (nSPS) is 34.9. The van der Waals surface area contributed by atoms with Crippen molar-refractivity contribution in [1.29, 1.82) is 0 Å². The van der Waals surface area contributed by atoms with Gasteiger partial charge in [0.05, 0.1) is 47.2 Å². The lowest BCUT2D eigenvalue weighted by molar-refractivity contribution is 0.250. The third-order valence-electron chi connectivity index (χ3n) is 5.75. The minimum atomic E-state index is -3.23. The third kappa shape index (κ3) is 2.65. The molecule has 10 nitrogen and oxygen atoms in total. The molecule has 1 aromatic carbocycles. The van der Waals surface area contributed by atoms with E-state index in [1.54, 1.807) is 24.3 Å². The Morgan fingerprint density at radius 3 is 1.61 bits per heavy atom. The summed E-state index contributed by atoms with van der Waals surface area (Å²) in [6.45, 7) is 0. The fourth-order valence-electron chi connectivity index (χ4n) is 4.61. The van der Waals surface area contributed by atoms with Crippen LogP contribution in [0.25, 0.3) is 0 Å². The second-order valence-corrected chi connectivity index (χ2v) is 12.0. The molecule has 4 aliphatic heterocycles. The van der Waals surface area contributed by atoms with Crippen LogP contribution >= 0.6 is 0 Å². The Morgan fingerprint density at radius 1 is 0.750 bits per heavy atom. The summed E-state index contributed by atoms with van der Waals surface area (Å²) in [4.78, 5) is 27.6. The first kappa shape index (κ1) is 17.7. The van der Waals surface area contributed by atoms with Crippen molar-refractivity contribution in [3.05, 3.63) is 24.3 Å². The van der Waals surface area contributed by atoms with Crippen LogP contribution in [0.3, 0.4) is 0 Å². The van der Waals surface area contributed by atoms with E-state index in [1.807, 2.05) is 0 Å². The molecule has 4 unspecified atom stereocenters. The summed E-state index contributed by atoms with van der Waals surface area (Å²) >= 11 is 0. The Bertz CT molecular complexity index is 1020. The zero-order chi connectivity index (χ0) is 19.8. The van der Waals surface area contributed by atoms with Gasteiger partial charge in [-0.05, 0) is 18.2 Å². The van der Waals surface area contributed by atoms with Gasteiger partial charge in [0.2, 0.25) is 0 Å². The summed E-state index contributed by atoms with van der Waals surface area (Å²) in [5, 5.41) is 5.40. The number of carbonyl (C=O) groups is 2. The van der Waals surface area contributed by atoms with Crippen LogP contribution in [-0.4, -0.2) is 76.1 Å². The Kier molecular flexibility index (Phi) is 3.55. The molecule has 4 saturated heterocycles. The number of benzene rings is 1. The van der Waals surface area contributed by atoms with Crippen LogP contribution < -0.4 is 20.4 Å². The van der Waals surface area contributed by atoms with E-state index >= 15 is 0 Å². The average molecular weight is 426 g/mol. The van der Waals surface area contributed by atoms with Gasteiger partial charge < -0.3 is 10.6 Å². The van der Waals surface area contributed by atoms with Gasteiger partial charge in [-0.2, -0.15) is 0 Å². The molecule has 4 aliphatic rings. The highest BCUT2D eigenvalue weighted by molar-refractivity contribution is 7.92. The van der Waals surface area contributed by atoms with Gasteiger partial charge in [0.15, 0.2) is 19.7 Å². The number of hydrogen-bond acceptors (Lipinski definition) is 6. The summed E-state index contributed by atoms with van der Waals surface area (Å²) < 4.78 is 47.7. The molecular formula is C16H18N4O6S2. The first-order valence-corrected chi connectivity index (χ1v) is 12.5. The van der Waals surface area contributed by atoms with Crippen LogP contribution in [-0.2, 0) is 19.7 Å². The smallest absolute Gasteiger partial charge is 0.322 e. The third-order valence-corrected chi connectivity index (χ3v) is 9.18. The van der Waals surface area contributed by atoms with Crippen molar-refractivity contribution in [3.8, 4) is 0 Å². The van der Waals surface area contributed by atoms with E-state index in [9.17, 15) is 26.4 Å². The number of carbonyl (C=O) groups excluding carboxylic acids is 2. The SMILES string of the molecule is O=C1NC2CS(=O)(=O)CC2N1c1cccc(N2C(=O)NC3CS(=O)(=O)CC32)c1. The molecule has 5 rings (SSSR count). The number of fused-ring (bicyclic) bond motifs is 2. The number of rotatable bonds is 2.